The SMILES string of the molecule is Cc1[nH]c2ccccc2c1C(=O)NCCC(C)O. The van der Waals surface area contributed by atoms with E-state index in [-0.39, 0.29) is 5.91 Å². The van der Waals surface area contributed by atoms with Crippen LogP contribution in [0.4, 0.5) is 0 Å². The number of hydrogen-bond donors (Lipinski definition) is 3. The zero-order chi connectivity index (χ0) is 13.1. The van der Waals surface area contributed by atoms with E-state index < -0.39 is 6.10 Å². The maximum atomic E-state index is 12.1. The minimum absolute atomic E-state index is 0.0920. The number of aliphatic hydroxyl groups excluding tert-OH is 1. The van der Waals surface area contributed by atoms with Gasteiger partial charge in [0.05, 0.1) is 11.7 Å². The lowest BCUT2D eigenvalue weighted by molar-refractivity contribution is 0.0946. The van der Waals surface area contributed by atoms with E-state index in [1.165, 1.54) is 0 Å². The molecule has 0 fully saturated rings. The number of aryl methyl sites for hydroxylation is 1. The summed E-state index contributed by atoms with van der Waals surface area (Å²) in [6, 6.07) is 7.74. The summed E-state index contributed by atoms with van der Waals surface area (Å²) in [5.74, 6) is -0.0920. The first-order valence-corrected chi connectivity index (χ1v) is 6.13. The zero-order valence-electron chi connectivity index (χ0n) is 10.7. The van der Waals surface area contributed by atoms with Gasteiger partial charge in [0.1, 0.15) is 0 Å². The lowest BCUT2D eigenvalue weighted by atomic mass is 10.1. The van der Waals surface area contributed by atoms with E-state index in [1.54, 1.807) is 6.92 Å². The lowest BCUT2D eigenvalue weighted by Gasteiger charge is -2.06. The Labute approximate surface area is 106 Å². The van der Waals surface area contributed by atoms with Crippen molar-refractivity contribution in [3.63, 3.8) is 0 Å². The third-order valence-electron chi connectivity index (χ3n) is 2.97. The Morgan fingerprint density at radius 1 is 1.44 bits per heavy atom. The van der Waals surface area contributed by atoms with Crippen LogP contribution in [0.5, 0.6) is 0 Å². The highest BCUT2D eigenvalue weighted by atomic mass is 16.3. The molecule has 1 aromatic carbocycles. The molecule has 1 amide bonds. The fourth-order valence-corrected chi connectivity index (χ4v) is 2.05. The van der Waals surface area contributed by atoms with Crippen molar-refractivity contribution in [1.29, 1.82) is 0 Å². The number of fused-ring (bicyclic) bond motifs is 1. The highest BCUT2D eigenvalue weighted by Gasteiger charge is 2.15. The van der Waals surface area contributed by atoms with E-state index in [9.17, 15) is 4.79 Å². The Morgan fingerprint density at radius 3 is 2.89 bits per heavy atom. The first-order chi connectivity index (χ1) is 8.59. The van der Waals surface area contributed by atoms with Crippen molar-refractivity contribution in [3.8, 4) is 0 Å². The molecule has 0 saturated heterocycles. The molecular weight excluding hydrogens is 228 g/mol. The van der Waals surface area contributed by atoms with Crippen LogP contribution in [0.3, 0.4) is 0 Å². The molecule has 0 radical (unpaired) electrons. The molecule has 1 heterocycles. The van der Waals surface area contributed by atoms with Gasteiger partial charge in [0.2, 0.25) is 0 Å². The average molecular weight is 246 g/mol. The van der Waals surface area contributed by atoms with Crippen molar-refractivity contribution < 1.29 is 9.90 Å². The van der Waals surface area contributed by atoms with Gasteiger partial charge in [-0.3, -0.25) is 4.79 Å². The number of aromatic nitrogens is 1. The average Bonchev–Trinajstić information content (AvgIpc) is 2.64. The van der Waals surface area contributed by atoms with Crippen LogP contribution in [0.2, 0.25) is 0 Å². The summed E-state index contributed by atoms with van der Waals surface area (Å²) in [6.45, 7) is 4.09. The Balaban J connectivity index is 2.19. The molecule has 1 unspecified atom stereocenters. The van der Waals surface area contributed by atoms with Gasteiger partial charge < -0.3 is 15.4 Å². The summed E-state index contributed by atoms with van der Waals surface area (Å²) in [4.78, 5) is 15.3. The first kappa shape index (κ1) is 12.6. The smallest absolute Gasteiger partial charge is 0.253 e. The number of aliphatic hydroxyl groups is 1. The van der Waals surface area contributed by atoms with E-state index >= 15 is 0 Å². The number of para-hydroxylation sites is 1. The summed E-state index contributed by atoms with van der Waals surface area (Å²) in [7, 11) is 0. The summed E-state index contributed by atoms with van der Waals surface area (Å²) in [5.41, 5.74) is 2.53. The number of carbonyl (C=O) groups is 1. The Hall–Kier alpha value is -1.81. The Morgan fingerprint density at radius 2 is 2.17 bits per heavy atom. The normalized spacial score (nSPS) is 12.6. The van der Waals surface area contributed by atoms with E-state index in [0.717, 1.165) is 16.6 Å². The maximum Gasteiger partial charge on any atom is 0.253 e. The molecule has 0 spiro atoms. The summed E-state index contributed by atoms with van der Waals surface area (Å²) >= 11 is 0. The lowest BCUT2D eigenvalue weighted by Crippen LogP contribution is -2.26. The fraction of sp³-hybridized carbons (Fsp3) is 0.357. The molecule has 18 heavy (non-hydrogen) atoms. The number of aromatic amines is 1. The minimum atomic E-state index is -0.394. The number of amides is 1. The van der Waals surface area contributed by atoms with E-state index in [0.29, 0.717) is 18.5 Å². The molecule has 4 heteroatoms. The van der Waals surface area contributed by atoms with Gasteiger partial charge in [0, 0.05) is 23.1 Å². The molecule has 96 valence electrons. The predicted octanol–water partition coefficient (Wildman–Crippen LogP) is 1.98. The molecule has 2 rings (SSSR count). The molecule has 0 aliphatic heterocycles. The highest BCUT2D eigenvalue weighted by molar-refractivity contribution is 6.08. The molecular formula is C14H18N2O2. The van der Waals surface area contributed by atoms with Gasteiger partial charge >= 0.3 is 0 Å². The monoisotopic (exact) mass is 246 g/mol. The number of benzene rings is 1. The van der Waals surface area contributed by atoms with Gasteiger partial charge in [-0.1, -0.05) is 18.2 Å². The standard InChI is InChI=1S/C14H18N2O2/c1-9(17)7-8-15-14(18)13-10(2)16-12-6-4-3-5-11(12)13/h3-6,9,16-17H,7-8H2,1-2H3,(H,15,18). The van der Waals surface area contributed by atoms with Gasteiger partial charge in [0.15, 0.2) is 0 Å². The third kappa shape index (κ3) is 2.54. The molecule has 1 atom stereocenters. The molecule has 1 aromatic heterocycles. The van der Waals surface area contributed by atoms with E-state index in [4.69, 9.17) is 5.11 Å². The van der Waals surface area contributed by atoms with Gasteiger partial charge in [0.25, 0.3) is 5.91 Å². The number of H-pyrrole nitrogens is 1. The van der Waals surface area contributed by atoms with Crippen LogP contribution >= 0.6 is 0 Å². The number of hydrogen-bond acceptors (Lipinski definition) is 2. The summed E-state index contributed by atoms with van der Waals surface area (Å²) in [6.07, 6.45) is 0.169. The minimum Gasteiger partial charge on any atom is -0.393 e. The molecule has 0 aliphatic rings. The maximum absolute atomic E-state index is 12.1. The van der Waals surface area contributed by atoms with Crippen molar-refractivity contribution >= 4 is 16.8 Å². The summed E-state index contributed by atoms with van der Waals surface area (Å²) in [5, 5.41) is 12.9. The van der Waals surface area contributed by atoms with Crippen LogP contribution in [0.1, 0.15) is 29.4 Å². The Bertz CT molecular complexity index is 558. The molecule has 0 aliphatic carbocycles. The van der Waals surface area contributed by atoms with Crippen LogP contribution in [0.25, 0.3) is 10.9 Å². The van der Waals surface area contributed by atoms with Gasteiger partial charge in [-0.2, -0.15) is 0 Å². The number of nitrogens with one attached hydrogen (secondary N) is 2. The molecule has 0 bridgehead atoms. The second-order valence-electron chi connectivity index (χ2n) is 4.56. The van der Waals surface area contributed by atoms with Crippen molar-refractivity contribution in [2.75, 3.05) is 6.54 Å². The predicted molar refractivity (Wildman–Crippen MR) is 71.7 cm³/mol. The highest BCUT2D eigenvalue weighted by Crippen LogP contribution is 2.21. The van der Waals surface area contributed by atoms with Crippen LogP contribution in [0.15, 0.2) is 24.3 Å². The number of carbonyl (C=O) groups excluding carboxylic acids is 1. The Kier molecular flexibility index (Phi) is 3.67. The van der Waals surface area contributed by atoms with Crippen LogP contribution in [0, 0.1) is 6.92 Å². The zero-order valence-corrected chi connectivity index (χ0v) is 10.7. The fourth-order valence-electron chi connectivity index (χ4n) is 2.05. The largest absolute Gasteiger partial charge is 0.393 e. The van der Waals surface area contributed by atoms with Crippen LogP contribution < -0.4 is 5.32 Å². The van der Waals surface area contributed by atoms with E-state index in [2.05, 4.69) is 10.3 Å². The second kappa shape index (κ2) is 5.23. The van der Waals surface area contributed by atoms with Crippen molar-refractivity contribution in [2.45, 2.75) is 26.4 Å². The van der Waals surface area contributed by atoms with Gasteiger partial charge in [-0.25, -0.2) is 0 Å². The van der Waals surface area contributed by atoms with Crippen molar-refractivity contribution in [1.82, 2.24) is 10.3 Å². The number of rotatable bonds is 4. The first-order valence-electron chi connectivity index (χ1n) is 6.13. The molecule has 2 aromatic rings. The molecule has 4 nitrogen and oxygen atoms in total. The van der Waals surface area contributed by atoms with Crippen molar-refractivity contribution in [3.05, 3.63) is 35.5 Å². The summed E-state index contributed by atoms with van der Waals surface area (Å²) < 4.78 is 0. The van der Waals surface area contributed by atoms with Gasteiger partial charge in [-0.05, 0) is 26.3 Å². The molecule has 3 N–H and O–H groups in total. The van der Waals surface area contributed by atoms with E-state index in [1.807, 2.05) is 31.2 Å². The molecule has 0 saturated carbocycles. The quantitative estimate of drug-likeness (QED) is 0.772. The van der Waals surface area contributed by atoms with Crippen molar-refractivity contribution in [2.24, 2.45) is 0 Å². The van der Waals surface area contributed by atoms with Crippen LogP contribution in [-0.4, -0.2) is 28.6 Å². The third-order valence-corrected chi connectivity index (χ3v) is 2.97. The topological polar surface area (TPSA) is 65.1 Å². The van der Waals surface area contributed by atoms with Crippen LogP contribution in [-0.2, 0) is 0 Å². The second-order valence-corrected chi connectivity index (χ2v) is 4.56. The van der Waals surface area contributed by atoms with Gasteiger partial charge in [-0.15, -0.1) is 0 Å².